The van der Waals surface area contributed by atoms with Gasteiger partial charge < -0.3 is 4.74 Å². The molecule has 0 aromatic rings. The maximum Gasteiger partial charge on any atom is 0.479 e. The minimum Gasteiger partial charge on any atom is -0.460 e. The molecule has 6 nitrogen and oxygen atoms in total. The van der Waals surface area contributed by atoms with E-state index in [2.05, 4.69) is 102 Å². The summed E-state index contributed by atoms with van der Waals surface area (Å²) < 4.78 is 32.8. The highest BCUT2D eigenvalue weighted by atomic mass is 79.9. The van der Waals surface area contributed by atoms with E-state index in [1.807, 2.05) is 27.7 Å². The predicted molar refractivity (Wildman–Crippen MR) is 133 cm³/mol. The van der Waals surface area contributed by atoms with Crippen LogP contribution < -0.4 is 0 Å². The van der Waals surface area contributed by atoms with Crippen molar-refractivity contribution in [2.75, 3.05) is 23.9 Å². The van der Waals surface area contributed by atoms with Crippen LogP contribution in [0.15, 0.2) is 12.7 Å². The van der Waals surface area contributed by atoms with Gasteiger partial charge in [0.1, 0.15) is 6.61 Å². The highest BCUT2D eigenvalue weighted by Crippen LogP contribution is 2.65. The molecule has 0 spiro atoms. The van der Waals surface area contributed by atoms with Crippen molar-refractivity contribution in [2.45, 2.75) is 34.5 Å². The van der Waals surface area contributed by atoms with Gasteiger partial charge in [-0.3, -0.25) is 13.6 Å². The van der Waals surface area contributed by atoms with Crippen LogP contribution in [-0.2, 0) is 27.7 Å². The van der Waals surface area contributed by atoms with Crippen molar-refractivity contribution in [3.8, 4) is 0 Å². The summed E-state index contributed by atoms with van der Waals surface area (Å²) in [5.74, 6) is -0.619. The lowest BCUT2D eigenvalue weighted by Crippen LogP contribution is -2.40. The number of ether oxygens (including phenoxy) is 1. The van der Waals surface area contributed by atoms with E-state index in [1.54, 1.807) is 0 Å². The van der Waals surface area contributed by atoms with Crippen LogP contribution >= 0.6 is 103 Å². The van der Waals surface area contributed by atoms with Crippen molar-refractivity contribution in [2.24, 2.45) is 10.8 Å². The molecule has 0 saturated heterocycles. The molecule has 0 aliphatic rings. The van der Waals surface area contributed by atoms with E-state index in [0.29, 0.717) is 10.7 Å². The summed E-state index contributed by atoms with van der Waals surface area (Å²) in [6.07, 6.45) is 1.02. The van der Waals surface area contributed by atoms with Gasteiger partial charge in [0.05, 0.1) is 6.61 Å². The third-order valence-corrected chi connectivity index (χ3v) is 13.7. The number of phosphoric ester groups is 1. The fraction of sp³-hybridized carbons (Fsp3) is 0.800. The first-order chi connectivity index (χ1) is 12.5. The van der Waals surface area contributed by atoms with Gasteiger partial charge in [0.15, 0.2) is 6.84 Å². The van der Waals surface area contributed by atoms with Crippen molar-refractivity contribution in [1.29, 1.82) is 0 Å². The Morgan fingerprint density at radius 1 is 0.929 bits per heavy atom. The zero-order chi connectivity index (χ0) is 22.4. The zero-order valence-electron chi connectivity index (χ0n) is 15.8. The largest absolute Gasteiger partial charge is 0.479 e. The minimum atomic E-state index is -4.20. The van der Waals surface area contributed by atoms with Gasteiger partial charge in [0.25, 0.3) is 0 Å². The highest BCUT2D eigenvalue weighted by Gasteiger charge is 2.53. The molecule has 0 heterocycles. The van der Waals surface area contributed by atoms with Crippen molar-refractivity contribution in [1.82, 2.24) is 0 Å². The van der Waals surface area contributed by atoms with Gasteiger partial charge in [-0.05, 0) is 63.7 Å². The number of esters is 1. The number of alkyl halides is 6. The van der Waals surface area contributed by atoms with Gasteiger partial charge in [-0.1, -0.05) is 66.1 Å². The standard InChI is InChI=1S/C15H23Br6O6P/c1-6-11(22)24-7-8-25-28(23,26-14(18,19)12(2,3)9-16)27-15(20,21)13(4,5)10-17/h6H,1,7-10H2,2-5H3. The Hall–Kier alpha value is 2.20. The Morgan fingerprint density at radius 2 is 1.32 bits per heavy atom. The number of hydrogen-bond donors (Lipinski definition) is 0. The fourth-order valence-electron chi connectivity index (χ4n) is 1.11. The molecule has 0 atom stereocenters. The molecule has 166 valence electrons. The quantitative estimate of drug-likeness (QED) is 0.0628. The smallest absolute Gasteiger partial charge is 0.460 e. The zero-order valence-corrected chi connectivity index (χ0v) is 26.2. The van der Waals surface area contributed by atoms with Gasteiger partial charge in [0, 0.05) is 27.6 Å². The molecule has 0 aliphatic carbocycles. The molecule has 0 aromatic carbocycles. The number of hydrogen-bond acceptors (Lipinski definition) is 6. The van der Waals surface area contributed by atoms with Crippen LogP contribution in [0, 0.1) is 10.8 Å². The molecule has 0 aliphatic heterocycles. The topological polar surface area (TPSA) is 71.1 Å². The molecular formula is C15H23Br6O6P. The molecular weight excluding hydrogens is 787 g/mol. The Morgan fingerprint density at radius 3 is 1.64 bits per heavy atom. The first kappa shape index (κ1) is 30.2. The van der Waals surface area contributed by atoms with Crippen molar-refractivity contribution in [3.63, 3.8) is 0 Å². The Labute approximate surface area is 217 Å². The maximum absolute atomic E-state index is 13.5. The lowest BCUT2D eigenvalue weighted by atomic mass is 9.98. The number of rotatable bonds is 13. The average molecular weight is 810 g/mol. The SMILES string of the molecule is C=CC(=O)OCCOP(=O)(OC(Br)(Br)C(C)(C)CBr)OC(Br)(Br)C(C)(C)CBr. The van der Waals surface area contributed by atoms with Crippen LogP contribution in [0.5, 0.6) is 0 Å². The second-order valence-electron chi connectivity index (χ2n) is 6.90. The first-order valence-corrected chi connectivity index (χ1v) is 14.7. The van der Waals surface area contributed by atoms with Crippen LogP contribution in [0.4, 0.5) is 0 Å². The molecule has 0 unspecified atom stereocenters. The molecule has 13 heteroatoms. The van der Waals surface area contributed by atoms with Crippen LogP contribution in [0.25, 0.3) is 0 Å². The summed E-state index contributed by atoms with van der Waals surface area (Å²) in [6.45, 7) is 10.4. The van der Waals surface area contributed by atoms with E-state index in [1.165, 1.54) is 0 Å². The molecule has 0 saturated carbocycles. The fourth-order valence-corrected chi connectivity index (χ4v) is 7.59. The summed E-state index contributed by atoms with van der Waals surface area (Å²) >= 11 is 20.5. The predicted octanol–water partition coefficient (Wildman–Crippen LogP) is 7.60. The van der Waals surface area contributed by atoms with Crippen LogP contribution in [0.2, 0.25) is 0 Å². The Bertz CT molecular complexity index is 562. The average Bonchev–Trinajstić information content (AvgIpc) is 2.56. The molecule has 0 fully saturated rings. The van der Waals surface area contributed by atoms with E-state index in [0.717, 1.165) is 6.08 Å². The first-order valence-electron chi connectivity index (χ1n) is 7.82. The Balaban J connectivity index is 5.62. The normalized spacial score (nSPS) is 14.1. The van der Waals surface area contributed by atoms with Crippen molar-refractivity contribution < 1.29 is 27.7 Å². The number of halogens is 6. The third-order valence-electron chi connectivity index (χ3n) is 3.44. The van der Waals surface area contributed by atoms with Crippen LogP contribution in [0.1, 0.15) is 27.7 Å². The Kier molecular flexibility index (Phi) is 12.8. The molecule has 0 N–H and O–H groups in total. The van der Waals surface area contributed by atoms with Crippen LogP contribution in [-0.4, -0.2) is 36.7 Å². The summed E-state index contributed by atoms with van der Waals surface area (Å²) in [7, 11) is -4.20. The lowest BCUT2D eigenvalue weighted by molar-refractivity contribution is -0.138. The van der Waals surface area contributed by atoms with E-state index < -0.39 is 31.5 Å². The van der Waals surface area contributed by atoms with Crippen LogP contribution in [0.3, 0.4) is 0 Å². The van der Waals surface area contributed by atoms with E-state index >= 15 is 0 Å². The monoisotopic (exact) mass is 804 g/mol. The molecule has 0 rings (SSSR count). The second-order valence-corrected chi connectivity index (χ2v) is 16.1. The second kappa shape index (κ2) is 11.9. The molecule has 0 amide bonds. The number of carbonyl (C=O) groups is 1. The molecule has 0 bridgehead atoms. The van der Waals surface area contributed by atoms with E-state index in [9.17, 15) is 9.36 Å². The summed E-state index contributed by atoms with van der Waals surface area (Å²) in [4.78, 5) is 11.2. The summed E-state index contributed by atoms with van der Waals surface area (Å²) in [5, 5.41) is 1.02. The lowest BCUT2D eigenvalue weighted by Gasteiger charge is -2.41. The van der Waals surface area contributed by atoms with Crippen molar-refractivity contribution in [3.05, 3.63) is 12.7 Å². The molecule has 0 radical (unpaired) electrons. The highest BCUT2D eigenvalue weighted by molar-refractivity contribution is 9.25. The number of phosphoric acid groups is 1. The van der Waals surface area contributed by atoms with Crippen molar-refractivity contribution >= 4 is 109 Å². The van der Waals surface area contributed by atoms with Gasteiger partial charge in [-0.25, -0.2) is 9.36 Å². The molecule has 28 heavy (non-hydrogen) atoms. The molecule has 0 aromatic heterocycles. The summed E-state index contributed by atoms with van der Waals surface area (Å²) in [6, 6.07) is 0. The van der Waals surface area contributed by atoms with Gasteiger partial charge in [-0.15, -0.1) is 0 Å². The third kappa shape index (κ3) is 8.98. The minimum absolute atomic E-state index is 0.152. The van der Waals surface area contributed by atoms with Gasteiger partial charge >= 0.3 is 13.8 Å². The van der Waals surface area contributed by atoms with Gasteiger partial charge in [0.2, 0.25) is 0 Å². The van der Waals surface area contributed by atoms with Gasteiger partial charge in [-0.2, -0.15) is 0 Å². The maximum atomic E-state index is 13.5. The number of carbonyl (C=O) groups excluding carboxylic acids is 1. The van der Waals surface area contributed by atoms with E-state index in [4.69, 9.17) is 18.3 Å². The summed E-state index contributed by atoms with van der Waals surface area (Å²) in [5.41, 5.74) is -1.12. The van der Waals surface area contributed by atoms with E-state index in [-0.39, 0.29) is 13.2 Å².